The van der Waals surface area contributed by atoms with E-state index in [0.29, 0.717) is 23.0 Å². The number of anilines is 3. The van der Waals surface area contributed by atoms with E-state index in [2.05, 4.69) is 25.8 Å². The number of urea groups is 1. The van der Waals surface area contributed by atoms with Crippen molar-refractivity contribution >= 4 is 29.0 Å². The molecule has 33 heavy (non-hydrogen) atoms. The van der Waals surface area contributed by atoms with Crippen LogP contribution in [0.5, 0.6) is 11.6 Å². The molecule has 3 amide bonds. The van der Waals surface area contributed by atoms with Crippen molar-refractivity contribution in [1.29, 1.82) is 0 Å². The van der Waals surface area contributed by atoms with E-state index in [-0.39, 0.29) is 5.91 Å². The molecule has 3 N–H and O–H groups in total. The average molecular weight is 446 g/mol. The fourth-order valence-corrected chi connectivity index (χ4v) is 3.60. The number of nitrogens with one attached hydrogen (secondary N) is 3. The Bertz CT molecular complexity index is 1100. The first-order chi connectivity index (χ1) is 16.1. The molecule has 8 heteroatoms. The summed E-state index contributed by atoms with van der Waals surface area (Å²) in [5, 5.41) is 8.26. The molecule has 2 aromatic carbocycles. The largest absolute Gasteiger partial charge is 0.439 e. The van der Waals surface area contributed by atoms with Crippen LogP contribution >= 0.6 is 0 Å². The minimum absolute atomic E-state index is 0.295. The van der Waals surface area contributed by atoms with Crippen molar-refractivity contribution in [3.8, 4) is 11.6 Å². The van der Waals surface area contributed by atoms with Crippen molar-refractivity contribution in [3.63, 3.8) is 0 Å². The van der Waals surface area contributed by atoms with Gasteiger partial charge in [-0.25, -0.2) is 9.78 Å². The molecule has 0 bridgehead atoms. The van der Waals surface area contributed by atoms with Gasteiger partial charge in [-0.3, -0.25) is 4.79 Å². The molecule has 0 saturated carbocycles. The van der Waals surface area contributed by atoms with Gasteiger partial charge in [0.05, 0.1) is 0 Å². The summed E-state index contributed by atoms with van der Waals surface area (Å²) in [5.41, 5.74) is 2.33. The number of benzene rings is 2. The Morgan fingerprint density at radius 2 is 1.70 bits per heavy atom. The smallest absolute Gasteiger partial charge is 0.319 e. The Balaban J connectivity index is 1.30. The maximum atomic E-state index is 12.6. The number of pyridine rings is 1. The number of hydrogen-bond acceptors (Lipinski definition) is 5. The Hall–Kier alpha value is -4.07. The Morgan fingerprint density at radius 1 is 0.939 bits per heavy atom. The van der Waals surface area contributed by atoms with Crippen molar-refractivity contribution in [2.75, 3.05) is 28.6 Å². The predicted octanol–water partition coefficient (Wildman–Crippen LogP) is 4.62. The van der Waals surface area contributed by atoms with Crippen LogP contribution in [0.4, 0.5) is 21.9 Å². The molecule has 0 aliphatic carbocycles. The van der Waals surface area contributed by atoms with Crippen molar-refractivity contribution in [1.82, 2.24) is 10.3 Å². The van der Waals surface area contributed by atoms with E-state index in [1.54, 1.807) is 49.5 Å². The van der Waals surface area contributed by atoms with Gasteiger partial charge in [-0.1, -0.05) is 18.2 Å². The van der Waals surface area contributed by atoms with E-state index < -0.39 is 12.1 Å². The first-order valence-electron chi connectivity index (χ1n) is 11.0. The second-order valence-electron chi connectivity index (χ2n) is 7.85. The summed E-state index contributed by atoms with van der Waals surface area (Å²) in [7, 11) is 0. The minimum Gasteiger partial charge on any atom is -0.439 e. The number of carbonyl (C=O) groups is 2. The summed E-state index contributed by atoms with van der Waals surface area (Å²) < 4.78 is 5.68. The van der Waals surface area contributed by atoms with Crippen LogP contribution in [0, 0.1) is 0 Å². The molecule has 1 aromatic heterocycles. The molecule has 3 aromatic rings. The van der Waals surface area contributed by atoms with Gasteiger partial charge in [-0.05, 0) is 56.2 Å². The highest BCUT2D eigenvalue weighted by Gasteiger charge is 2.17. The molecular formula is C25H27N5O3. The second-order valence-corrected chi connectivity index (χ2v) is 7.85. The van der Waals surface area contributed by atoms with Crippen molar-refractivity contribution in [3.05, 3.63) is 72.9 Å². The van der Waals surface area contributed by atoms with Gasteiger partial charge < -0.3 is 25.6 Å². The molecule has 1 aliphatic heterocycles. The van der Waals surface area contributed by atoms with Crippen LogP contribution in [0.3, 0.4) is 0 Å². The number of aromatic nitrogens is 1. The SMILES string of the molecule is CC(NC(=O)Nc1cccc(Oc2ccccn2)c1)C(=O)Nc1cccc(N2CCCC2)c1. The highest BCUT2D eigenvalue weighted by Crippen LogP contribution is 2.24. The zero-order chi connectivity index (χ0) is 23.0. The lowest BCUT2D eigenvalue weighted by molar-refractivity contribution is -0.117. The summed E-state index contributed by atoms with van der Waals surface area (Å²) >= 11 is 0. The van der Waals surface area contributed by atoms with Crippen LogP contribution in [0.1, 0.15) is 19.8 Å². The van der Waals surface area contributed by atoms with Crippen LogP contribution in [0.2, 0.25) is 0 Å². The van der Waals surface area contributed by atoms with Gasteiger partial charge in [-0.2, -0.15) is 0 Å². The Morgan fingerprint density at radius 3 is 2.45 bits per heavy atom. The quantitative estimate of drug-likeness (QED) is 0.493. The zero-order valence-electron chi connectivity index (χ0n) is 18.5. The zero-order valence-corrected chi connectivity index (χ0v) is 18.5. The summed E-state index contributed by atoms with van der Waals surface area (Å²) in [4.78, 5) is 31.4. The minimum atomic E-state index is -0.728. The predicted molar refractivity (Wildman–Crippen MR) is 129 cm³/mol. The number of rotatable bonds is 7. The lowest BCUT2D eigenvalue weighted by Gasteiger charge is -2.19. The molecular weight excluding hydrogens is 418 g/mol. The maximum Gasteiger partial charge on any atom is 0.319 e. The third-order valence-corrected chi connectivity index (χ3v) is 5.28. The molecule has 4 rings (SSSR count). The molecule has 170 valence electrons. The highest BCUT2D eigenvalue weighted by atomic mass is 16.5. The fraction of sp³-hybridized carbons (Fsp3) is 0.240. The normalized spacial score (nSPS) is 13.8. The van der Waals surface area contributed by atoms with E-state index in [9.17, 15) is 9.59 Å². The third-order valence-electron chi connectivity index (χ3n) is 5.28. The molecule has 2 heterocycles. The first kappa shape index (κ1) is 22.1. The fourth-order valence-electron chi connectivity index (χ4n) is 3.60. The van der Waals surface area contributed by atoms with E-state index in [1.165, 1.54) is 12.8 Å². The van der Waals surface area contributed by atoms with Crippen LogP contribution in [-0.4, -0.2) is 36.1 Å². The summed E-state index contributed by atoms with van der Waals surface area (Å²) in [6.07, 6.45) is 4.01. The molecule has 1 saturated heterocycles. The van der Waals surface area contributed by atoms with Gasteiger partial charge in [0.25, 0.3) is 0 Å². The van der Waals surface area contributed by atoms with Gasteiger partial charge in [0.15, 0.2) is 0 Å². The monoisotopic (exact) mass is 445 g/mol. The summed E-state index contributed by atoms with van der Waals surface area (Å²) in [6.45, 7) is 3.70. The highest BCUT2D eigenvalue weighted by molar-refractivity contribution is 5.99. The Kier molecular flexibility index (Phi) is 7.04. The standard InChI is InChI=1S/C25H27N5O3/c1-18(24(31)28-19-8-6-10-21(16-19)30-14-4-5-15-30)27-25(32)29-20-9-7-11-22(17-20)33-23-12-2-3-13-26-23/h2-3,6-13,16-18H,4-5,14-15H2,1H3,(H,28,31)(H2,27,29,32). The van der Waals surface area contributed by atoms with Crippen LogP contribution in [0.25, 0.3) is 0 Å². The lowest BCUT2D eigenvalue weighted by atomic mass is 10.2. The maximum absolute atomic E-state index is 12.6. The second kappa shape index (κ2) is 10.5. The van der Waals surface area contributed by atoms with Crippen molar-refractivity contribution in [2.45, 2.75) is 25.8 Å². The van der Waals surface area contributed by atoms with E-state index in [1.807, 2.05) is 30.3 Å². The number of carbonyl (C=O) groups excluding carboxylic acids is 2. The molecule has 1 aliphatic rings. The average Bonchev–Trinajstić information content (AvgIpc) is 3.35. The van der Waals surface area contributed by atoms with Gasteiger partial charge in [0, 0.05) is 48.5 Å². The van der Waals surface area contributed by atoms with Crippen LogP contribution in [-0.2, 0) is 4.79 Å². The van der Waals surface area contributed by atoms with Gasteiger partial charge in [0.2, 0.25) is 11.8 Å². The number of nitrogens with zero attached hydrogens (tertiary/aromatic N) is 2. The summed E-state index contributed by atoms with van der Waals surface area (Å²) in [6, 6.07) is 18.9. The lowest BCUT2D eigenvalue weighted by Crippen LogP contribution is -2.43. The third kappa shape index (κ3) is 6.22. The first-order valence-corrected chi connectivity index (χ1v) is 11.0. The number of amides is 3. The molecule has 1 atom stereocenters. The van der Waals surface area contributed by atoms with Crippen LogP contribution in [0.15, 0.2) is 72.9 Å². The van der Waals surface area contributed by atoms with Crippen molar-refractivity contribution < 1.29 is 14.3 Å². The van der Waals surface area contributed by atoms with Gasteiger partial charge in [0.1, 0.15) is 11.8 Å². The molecule has 1 fully saturated rings. The molecule has 1 unspecified atom stereocenters. The van der Waals surface area contributed by atoms with Crippen molar-refractivity contribution in [2.24, 2.45) is 0 Å². The van der Waals surface area contributed by atoms with Gasteiger partial charge in [-0.15, -0.1) is 0 Å². The van der Waals surface area contributed by atoms with Gasteiger partial charge >= 0.3 is 6.03 Å². The Labute approximate surface area is 193 Å². The van der Waals surface area contributed by atoms with E-state index in [4.69, 9.17) is 4.74 Å². The topological polar surface area (TPSA) is 95.6 Å². The molecule has 0 radical (unpaired) electrons. The number of ether oxygens (including phenoxy) is 1. The summed E-state index contributed by atoms with van der Waals surface area (Å²) in [5.74, 6) is 0.698. The van der Waals surface area contributed by atoms with E-state index >= 15 is 0 Å². The van der Waals surface area contributed by atoms with E-state index in [0.717, 1.165) is 18.8 Å². The molecule has 8 nitrogen and oxygen atoms in total. The molecule has 0 spiro atoms. The number of hydrogen-bond donors (Lipinski definition) is 3. The van der Waals surface area contributed by atoms with Crippen LogP contribution < -0.4 is 25.6 Å².